The molecule has 144 valence electrons. The minimum absolute atomic E-state index is 0.0454. The lowest BCUT2D eigenvalue weighted by atomic mass is 9.46. The largest absolute Gasteiger partial charge is 0.330 e. The Morgan fingerprint density at radius 3 is 2.44 bits per heavy atom. The van der Waals surface area contributed by atoms with E-state index in [1.54, 1.807) is 0 Å². The zero-order valence-electron chi connectivity index (χ0n) is 15.1. The van der Waals surface area contributed by atoms with Gasteiger partial charge in [0.1, 0.15) is 12.7 Å². The van der Waals surface area contributed by atoms with Gasteiger partial charge in [-0.3, -0.25) is 0 Å². The smallest absolute Gasteiger partial charge is 0.294 e. The molecule has 0 saturated heterocycles. The van der Waals surface area contributed by atoms with Crippen molar-refractivity contribution in [2.75, 3.05) is 13.2 Å². The summed E-state index contributed by atoms with van der Waals surface area (Å²) in [6.07, 6.45) is 6.21. The molecule has 0 aliphatic heterocycles. The van der Waals surface area contributed by atoms with Crippen LogP contribution < -0.4 is 5.73 Å². The Balaban J connectivity index is 2.36. The molecule has 2 bridgehead atoms. The lowest BCUT2D eigenvalue weighted by Gasteiger charge is -2.60. The molecule has 2 saturated carbocycles. The zero-order valence-corrected chi connectivity index (χ0v) is 15.1. The second kappa shape index (κ2) is 7.31. The van der Waals surface area contributed by atoms with Crippen molar-refractivity contribution in [3.63, 3.8) is 0 Å². The summed E-state index contributed by atoms with van der Waals surface area (Å²) in [6.45, 7) is 4.48. The van der Waals surface area contributed by atoms with Crippen LogP contribution in [0.2, 0.25) is 0 Å². The zero-order chi connectivity index (χ0) is 18.7. The lowest BCUT2D eigenvalue weighted by Crippen LogP contribution is -2.55. The first-order valence-corrected chi connectivity index (χ1v) is 8.97. The van der Waals surface area contributed by atoms with Gasteiger partial charge in [-0.1, -0.05) is 26.7 Å². The monoisotopic (exact) mass is 359 g/mol. The maximum atomic E-state index is 11.0. The summed E-state index contributed by atoms with van der Waals surface area (Å²) >= 11 is 0. The molecule has 0 aromatic rings. The van der Waals surface area contributed by atoms with Gasteiger partial charge in [0.15, 0.2) is 0 Å². The van der Waals surface area contributed by atoms with E-state index < -0.39 is 28.3 Å². The Bertz CT molecular complexity index is 518. The summed E-state index contributed by atoms with van der Waals surface area (Å²) in [5, 5.41) is 19.9. The van der Waals surface area contributed by atoms with Crippen LogP contribution in [0.3, 0.4) is 0 Å². The standard InChI is InChI=1S/C16H29N3O6/c1-3-15-5-4-6-16(12-15,11-14(2,10-15)7-8-17)13(25-19(22)23)9-24-18(20)21/h13H,3-12,17H2,1-2H3. The van der Waals surface area contributed by atoms with Gasteiger partial charge in [0.2, 0.25) is 0 Å². The van der Waals surface area contributed by atoms with Crippen LogP contribution in [0, 0.1) is 36.5 Å². The molecule has 2 rings (SSSR count). The number of nitrogens with two attached hydrogens (primary N) is 1. The highest BCUT2D eigenvalue weighted by molar-refractivity contribution is 5.07. The van der Waals surface area contributed by atoms with Crippen molar-refractivity contribution in [2.24, 2.45) is 22.0 Å². The molecule has 9 heteroatoms. The van der Waals surface area contributed by atoms with Crippen molar-refractivity contribution < 1.29 is 19.8 Å². The number of nitrogens with zero attached hydrogens (tertiary/aromatic N) is 2. The Morgan fingerprint density at radius 1 is 1.16 bits per heavy atom. The highest BCUT2D eigenvalue weighted by Gasteiger charge is 2.57. The molecule has 4 unspecified atom stereocenters. The topological polar surface area (TPSA) is 131 Å². The van der Waals surface area contributed by atoms with Gasteiger partial charge in [-0.15, -0.1) is 20.2 Å². The van der Waals surface area contributed by atoms with Crippen LogP contribution in [-0.4, -0.2) is 29.4 Å². The Kier molecular flexibility index (Phi) is 5.75. The summed E-state index contributed by atoms with van der Waals surface area (Å²) in [7, 11) is 0. The van der Waals surface area contributed by atoms with Crippen LogP contribution in [0.4, 0.5) is 0 Å². The third-order valence-electron chi connectivity index (χ3n) is 6.41. The molecular weight excluding hydrogens is 330 g/mol. The molecule has 25 heavy (non-hydrogen) atoms. The normalized spacial score (nSPS) is 35.6. The van der Waals surface area contributed by atoms with Gasteiger partial charge in [-0.2, -0.15) is 0 Å². The quantitative estimate of drug-likeness (QED) is 0.494. The maximum Gasteiger partial charge on any atom is 0.294 e. The molecule has 2 aliphatic carbocycles. The highest BCUT2D eigenvalue weighted by Crippen LogP contribution is 2.64. The third kappa shape index (κ3) is 4.31. The minimum atomic E-state index is -0.934. The molecule has 4 atom stereocenters. The highest BCUT2D eigenvalue weighted by atomic mass is 17.0. The summed E-state index contributed by atoms with van der Waals surface area (Å²) in [4.78, 5) is 31.1. The van der Waals surface area contributed by atoms with E-state index >= 15 is 0 Å². The van der Waals surface area contributed by atoms with Crippen LogP contribution in [-0.2, 0) is 9.68 Å². The van der Waals surface area contributed by atoms with Gasteiger partial charge in [0.25, 0.3) is 10.2 Å². The van der Waals surface area contributed by atoms with Crippen molar-refractivity contribution >= 4 is 0 Å². The Labute approximate surface area is 147 Å². The van der Waals surface area contributed by atoms with E-state index in [1.165, 1.54) is 0 Å². The summed E-state index contributed by atoms with van der Waals surface area (Å²) in [6, 6.07) is 0. The second-order valence-corrected chi connectivity index (χ2v) is 8.29. The van der Waals surface area contributed by atoms with Gasteiger partial charge in [0, 0.05) is 0 Å². The number of fused-ring (bicyclic) bond motifs is 2. The van der Waals surface area contributed by atoms with Crippen molar-refractivity contribution in [1.82, 2.24) is 0 Å². The van der Waals surface area contributed by atoms with Gasteiger partial charge >= 0.3 is 0 Å². The second-order valence-electron chi connectivity index (χ2n) is 8.29. The van der Waals surface area contributed by atoms with E-state index in [2.05, 4.69) is 18.7 Å². The molecule has 2 N–H and O–H groups in total. The average molecular weight is 359 g/mol. The molecule has 0 heterocycles. The molecule has 9 nitrogen and oxygen atoms in total. The van der Waals surface area contributed by atoms with Gasteiger partial charge in [-0.05, 0) is 61.3 Å². The first-order chi connectivity index (χ1) is 11.7. The first-order valence-electron chi connectivity index (χ1n) is 8.97. The van der Waals surface area contributed by atoms with Gasteiger partial charge in [-0.25, -0.2) is 0 Å². The lowest BCUT2D eigenvalue weighted by molar-refractivity contribution is -0.794. The van der Waals surface area contributed by atoms with E-state index in [9.17, 15) is 20.2 Å². The molecule has 2 aliphatic rings. The SMILES string of the molecule is CCC12CCCC(C(CO[N+](=O)[O-])O[N+](=O)[O-])(CC(C)(CCN)C1)C2. The molecule has 0 spiro atoms. The Hall–Kier alpha value is -1.64. The van der Waals surface area contributed by atoms with E-state index in [1.807, 2.05) is 0 Å². The molecule has 2 fully saturated rings. The fraction of sp³-hybridized carbons (Fsp3) is 1.00. The fourth-order valence-electron chi connectivity index (χ4n) is 5.75. The van der Waals surface area contributed by atoms with Crippen LogP contribution in [0.25, 0.3) is 0 Å². The Morgan fingerprint density at radius 2 is 1.88 bits per heavy atom. The predicted molar refractivity (Wildman–Crippen MR) is 89.5 cm³/mol. The van der Waals surface area contributed by atoms with Crippen LogP contribution in [0.5, 0.6) is 0 Å². The van der Waals surface area contributed by atoms with Crippen molar-refractivity contribution in [3.8, 4) is 0 Å². The first kappa shape index (κ1) is 19.7. The van der Waals surface area contributed by atoms with Crippen LogP contribution >= 0.6 is 0 Å². The predicted octanol–water partition coefficient (Wildman–Crippen LogP) is 2.88. The fourth-order valence-corrected chi connectivity index (χ4v) is 5.75. The minimum Gasteiger partial charge on any atom is -0.330 e. The molecule has 0 aromatic heterocycles. The van der Waals surface area contributed by atoms with Gasteiger partial charge in [0.05, 0.1) is 0 Å². The van der Waals surface area contributed by atoms with Crippen LogP contribution in [0.1, 0.15) is 65.2 Å². The van der Waals surface area contributed by atoms with Crippen molar-refractivity contribution in [1.29, 1.82) is 0 Å². The molecule has 0 radical (unpaired) electrons. The van der Waals surface area contributed by atoms with E-state index in [-0.39, 0.29) is 10.8 Å². The van der Waals surface area contributed by atoms with E-state index in [0.29, 0.717) is 6.54 Å². The number of hydrogen-bond acceptors (Lipinski definition) is 7. The molecular formula is C16H29N3O6. The summed E-state index contributed by atoms with van der Waals surface area (Å²) < 4.78 is 0. The van der Waals surface area contributed by atoms with E-state index in [0.717, 1.165) is 51.4 Å². The summed E-state index contributed by atoms with van der Waals surface area (Å²) in [5.74, 6) is 0. The van der Waals surface area contributed by atoms with Crippen LogP contribution in [0.15, 0.2) is 0 Å². The van der Waals surface area contributed by atoms with E-state index in [4.69, 9.17) is 10.6 Å². The van der Waals surface area contributed by atoms with Gasteiger partial charge < -0.3 is 15.4 Å². The summed E-state index contributed by atoms with van der Waals surface area (Å²) in [5.41, 5.74) is 5.38. The molecule has 0 amide bonds. The number of rotatable bonds is 9. The van der Waals surface area contributed by atoms with Crippen molar-refractivity contribution in [2.45, 2.75) is 71.3 Å². The average Bonchev–Trinajstić information content (AvgIpc) is 2.50. The third-order valence-corrected chi connectivity index (χ3v) is 6.41. The van der Waals surface area contributed by atoms with Crippen molar-refractivity contribution in [3.05, 3.63) is 20.2 Å². The maximum absolute atomic E-state index is 11.0. The molecule has 0 aromatic carbocycles. The number of hydrogen-bond donors (Lipinski definition) is 1.